The first-order valence-electron chi connectivity index (χ1n) is 7.07. The Hall–Kier alpha value is -3.15. The van der Waals surface area contributed by atoms with Crippen LogP contribution < -0.4 is 15.0 Å². The number of carbonyl (C=O) groups is 3. The predicted octanol–water partition coefficient (Wildman–Crippen LogP) is 2.24. The van der Waals surface area contributed by atoms with E-state index in [4.69, 9.17) is 4.74 Å². The predicted molar refractivity (Wildman–Crippen MR) is 82.9 cm³/mol. The van der Waals surface area contributed by atoms with E-state index < -0.39 is 17.8 Å². The number of nitrogens with zero attached hydrogens (tertiary/aromatic N) is 1. The fourth-order valence-electron chi connectivity index (χ4n) is 2.24. The first kappa shape index (κ1) is 14.8. The number of benzene rings is 2. The lowest BCUT2D eigenvalue weighted by Crippen LogP contribution is -2.52. The SMILES string of the molecule is O=C1CC(=O)N(c2ccc(OCc3ccccc3)cc2)C(=O)N1. The topological polar surface area (TPSA) is 75.7 Å². The van der Waals surface area contributed by atoms with Crippen LogP contribution in [0.4, 0.5) is 10.5 Å². The number of nitrogens with one attached hydrogen (secondary N) is 1. The summed E-state index contributed by atoms with van der Waals surface area (Å²) in [5.41, 5.74) is 1.44. The van der Waals surface area contributed by atoms with Gasteiger partial charge in [-0.15, -0.1) is 0 Å². The minimum atomic E-state index is -0.732. The number of urea groups is 1. The van der Waals surface area contributed by atoms with E-state index in [0.29, 0.717) is 18.0 Å². The van der Waals surface area contributed by atoms with Gasteiger partial charge in [0.05, 0.1) is 5.69 Å². The average molecular weight is 310 g/mol. The Balaban J connectivity index is 1.68. The molecule has 1 heterocycles. The highest BCUT2D eigenvalue weighted by atomic mass is 16.5. The van der Waals surface area contributed by atoms with Gasteiger partial charge in [-0.05, 0) is 29.8 Å². The number of amides is 4. The average Bonchev–Trinajstić information content (AvgIpc) is 2.54. The molecule has 1 fully saturated rings. The fraction of sp³-hybridized carbons (Fsp3) is 0.118. The van der Waals surface area contributed by atoms with Crippen LogP contribution in [0.15, 0.2) is 54.6 Å². The fourth-order valence-corrected chi connectivity index (χ4v) is 2.24. The second kappa shape index (κ2) is 6.31. The number of hydrogen-bond acceptors (Lipinski definition) is 4. The van der Waals surface area contributed by atoms with Crippen LogP contribution in [0.1, 0.15) is 12.0 Å². The van der Waals surface area contributed by atoms with Crippen molar-refractivity contribution in [1.82, 2.24) is 5.32 Å². The standard InChI is InChI=1S/C17H14N2O4/c20-15-10-16(21)19(17(22)18-15)13-6-8-14(9-7-13)23-11-12-4-2-1-3-5-12/h1-9H,10-11H2,(H,18,20,22). The Labute approximate surface area is 132 Å². The van der Waals surface area contributed by atoms with E-state index in [1.54, 1.807) is 24.3 Å². The maximum atomic E-state index is 11.8. The monoisotopic (exact) mass is 310 g/mol. The molecule has 23 heavy (non-hydrogen) atoms. The first-order chi connectivity index (χ1) is 11.1. The molecular weight excluding hydrogens is 296 g/mol. The second-order valence-corrected chi connectivity index (χ2v) is 5.03. The van der Waals surface area contributed by atoms with Crippen molar-refractivity contribution in [3.63, 3.8) is 0 Å². The Morgan fingerprint density at radius 1 is 0.957 bits per heavy atom. The molecule has 1 aliphatic heterocycles. The summed E-state index contributed by atoms with van der Waals surface area (Å²) < 4.78 is 5.65. The lowest BCUT2D eigenvalue weighted by molar-refractivity contribution is -0.128. The van der Waals surface area contributed by atoms with E-state index in [1.165, 1.54) is 0 Å². The normalized spacial score (nSPS) is 14.6. The third kappa shape index (κ3) is 3.37. The minimum absolute atomic E-state index is 0.335. The van der Waals surface area contributed by atoms with Gasteiger partial charge in [-0.2, -0.15) is 0 Å². The number of rotatable bonds is 4. The number of carbonyl (C=O) groups excluding carboxylic acids is 3. The van der Waals surface area contributed by atoms with Crippen LogP contribution >= 0.6 is 0 Å². The first-order valence-corrected chi connectivity index (χ1v) is 7.07. The highest BCUT2D eigenvalue weighted by Gasteiger charge is 2.31. The minimum Gasteiger partial charge on any atom is -0.489 e. The number of imide groups is 2. The molecular formula is C17H14N2O4. The molecule has 3 rings (SSSR count). The molecule has 0 bridgehead atoms. The molecule has 0 unspecified atom stereocenters. The molecule has 1 N–H and O–H groups in total. The highest BCUT2D eigenvalue weighted by Crippen LogP contribution is 2.22. The van der Waals surface area contributed by atoms with Crippen molar-refractivity contribution in [1.29, 1.82) is 0 Å². The van der Waals surface area contributed by atoms with Crippen LogP contribution in [0.25, 0.3) is 0 Å². The molecule has 6 heteroatoms. The van der Waals surface area contributed by atoms with E-state index in [9.17, 15) is 14.4 Å². The summed E-state index contributed by atoms with van der Waals surface area (Å²) >= 11 is 0. The van der Waals surface area contributed by atoms with E-state index in [2.05, 4.69) is 5.32 Å². The zero-order valence-electron chi connectivity index (χ0n) is 12.2. The van der Waals surface area contributed by atoms with Crippen LogP contribution in [0.2, 0.25) is 0 Å². The van der Waals surface area contributed by atoms with Gasteiger partial charge in [0.2, 0.25) is 11.8 Å². The lowest BCUT2D eigenvalue weighted by Gasteiger charge is -2.24. The molecule has 0 aromatic heterocycles. The van der Waals surface area contributed by atoms with E-state index >= 15 is 0 Å². The van der Waals surface area contributed by atoms with E-state index in [1.807, 2.05) is 30.3 Å². The number of anilines is 1. The molecule has 116 valence electrons. The molecule has 0 atom stereocenters. The van der Waals surface area contributed by atoms with E-state index in [-0.39, 0.29) is 6.42 Å². The molecule has 2 aromatic rings. The molecule has 0 spiro atoms. The zero-order chi connectivity index (χ0) is 16.2. The van der Waals surface area contributed by atoms with Crippen molar-refractivity contribution in [2.75, 3.05) is 4.90 Å². The Bertz CT molecular complexity index is 721. The smallest absolute Gasteiger partial charge is 0.335 e. The maximum Gasteiger partial charge on any atom is 0.335 e. The molecule has 2 aromatic carbocycles. The summed E-state index contributed by atoms with van der Waals surface area (Å²) in [4.78, 5) is 35.7. The van der Waals surface area contributed by atoms with Crippen LogP contribution in [0.3, 0.4) is 0 Å². The van der Waals surface area contributed by atoms with Crippen molar-refractivity contribution in [2.24, 2.45) is 0 Å². The van der Waals surface area contributed by atoms with Crippen LogP contribution in [0, 0.1) is 0 Å². The van der Waals surface area contributed by atoms with Gasteiger partial charge in [0.1, 0.15) is 18.8 Å². The van der Waals surface area contributed by atoms with Gasteiger partial charge in [-0.1, -0.05) is 30.3 Å². The summed E-state index contributed by atoms with van der Waals surface area (Å²) in [5, 5.41) is 2.12. The quantitative estimate of drug-likeness (QED) is 0.879. The van der Waals surface area contributed by atoms with Crippen molar-refractivity contribution in [2.45, 2.75) is 13.0 Å². The molecule has 0 radical (unpaired) electrons. The number of hydrogen-bond donors (Lipinski definition) is 1. The summed E-state index contributed by atoms with van der Waals surface area (Å²) in [5.74, 6) is -0.505. The lowest BCUT2D eigenvalue weighted by atomic mass is 10.2. The van der Waals surface area contributed by atoms with Crippen molar-refractivity contribution in [3.05, 3.63) is 60.2 Å². The highest BCUT2D eigenvalue weighted by molar-refractivity contribution is 6.26. The van der Waals surface area contributed by atoms with Gasteiger partial charge in [0.15, 0.2) is 0 Å². The van der Waals surface area contributed by atoms with Gasteiger partial charge in [0.25, 0.3) is 0 Å². The molecule has 1 aliphatic rings. The van der Waals surface area contributed by atoms with Gasteiger partial charge in [-0.3, -0.25) is 14.9 Å². The Morgan fingerprint density at radius 3 is 2.30 bits per heavy atom. The summed E-state index contributed by atoms with van der Waals surface area (Å²) in [6.07, 6.45) is -0.335. The van der Waals surface area contributed by atoms with Gasteiger partial charge < -0.3 is 4.74 Å². The van der Waals surface area contributed by atoms with Crippen LogP contribution in [0.5, 0.6) is 5.75 Å². The van der Waals surface area contributed by atoms with Crippen LogP contribution in [-0.4, -0.2) is 17.8 Å². The zero-order valence-corrected chi connectivity index (χ0v) is 12.2. The molecule has 1 saturated heterocycles. The summed E-state index contributed by atoms with van der Waals surface area (Å²) in [6.45, 7) is 0.428. The molecule has 6 nitrogen and oxygen atoms in total. The van der Waals surface area contributed by atoms with Crippen molar-refractivity contribution >= 4 is 23.5 Å². The van der Waals surface area contributed by atoms with Crippen LogP contribution in [-0.2, 0) is 16.2 Å². The third-order valence-corrected chi connectivity index (χ3v) is 3.35. The molecule has 0 saturated carbocycles. The van der Waals surface area contributed by atoms with Gasteiger partial charge >= 0.3 is 6.03 Å². The second-order valence-electron chi connectivity index (χ2n) is 5.03. The maximum absolute atomic E-state index is 11.8. The summed E-state index contributed by atoms with van der Waals surface area (Å²) in [7, 11) is 0. The number of barbiturate groups is 1. The number of ether oxygens (including phenoxy) is 1. The Kier molecular flexibility index (Phi) is 4.05. The third-order valence-electron chi connectivity index (χ3n) is 3.35. The Morgan fingerprint density at radius 2 is 1.65 bits per heavy atom. The van der Waals surface area contributed by atoms with Gasteiger partial charge in [0, 0.05) is 0 Å². The van der Waals surface area contributed by atoms with Crippen molar-refractivity contribution in [3.8, 4) is 5.75 Å². The molecule has 4 amide bonds. The molecule has 0 aliphatic carbocycles. The van der Waals surface area contributed by atoms with Crippen molar-refractivity contribution < 1.29 is 19.1 Å². The largest absolute Gasteiger partial charge is 0.489 e. The summed E-state index contributed by atoms with van der Waals surface area (Å²) in [6, 6.07) is 15.6. The van der Waals surface area contributed by atoms with Gasteiger partial charge in [-0.25, -0.2) is 9.69 Å². The van der Waals surface area contributed by atoms with E-state index in [0.717, 1.165) is 10.5 Å².